The number of carbonyl (C=O) groups is 1. The van der Waals surface area contributed by atoms with Crippen molar-refractivity contribution in [2.24, 2.45) is 5.92 Å². The van der Waals surface area contributed by atoms with Gasteiger partial charge in [0.25, 0.3) is 5.56 Å². The highest BCUT2D eigenvalue weighted by Gasteiger charge is 2.31. The molecule has 0 bridgehead atoms. The normalized spacial score (nSPS) is 14.1. The fraction of sp³-hybridized carbons (Fsp3) is 0.364. The van der Waals surface area contributed by atoms with E-state index in [0.717, 1.165) is 22.5 Å². The number of carbonyl (C=O) groups excluding carboxylic acids is 1. The molecule has 0 atom stereocenters. The Morgan fingerprint density at radius 3 is 2.55 bits per heavy atom. The Balaban J connectivity index is 1.39. The number of amides is 1. The summed E-state index contributed by atoms with van der Waals surface area (Å²) in [6.07, 6.45) is 0.417. The third-order valence-corrected chi connectivity index (χ3v) is 5.26. The van der Waals surface area contributed by atoms with Gasteiger partial charge in [-0.3, -0.25) is 9.59 Å². The first-order valence-electron chi connectivity index (χ1n) is 9.84. The van der Waals surface area contributed by atoms with Crippen molar-refractivity contribution in [1.82, 2.24) is 24.5 Å². The maximum Gasteiger partial charge on any atom is 0.266 e. The number of rotatable bonds is 5. The Kier molecular flexibility index (Phi) is 5.05. The molecule has 1 amide bonds. The number of hydrogen-bond donors (Lipinski definition) is 0. The van der Waals surface area contributed by atoms with Crippen LogP contribution in [0.1, 0.15) is 22.5 Å². The lowest BCUT2D eigenvalue weighted by atomic mass is 9.98. The van der Waals surface area contributed by atoms with Crippen LogP contribution in [0.15, 0.2) is 47.3 Å². The summed E-state index contributed by atoms with van der Waals surface area (Å²) in [4.78, 5) is 26.6. The first kappa shape index (κ1) is 19.1. The highest BCUT2D eigenvalue weighted by Crippen LogP contribution is 2.19. The predicted molar refractivity (Wildman–Crippen MR) is 110 cm³/mol. The van der Waals surface area contributed by atoms with Crippen LogP contribution in [0.3, 0.4) is 0 Å². The molecule has 0 aliphatic carbocycles. The number of hydrogen-bond acceptors (Lipinski definition) is 4. The van der Waals surface area contributed by atoms with E-state index >= 15 is 0 Å². The van der Waals surface area contributed by atoms with E-state index in [1.165, 1.54) is 10.7 Å². The molecule has 0 N–H and O–H groups in total. The van der Waals surface area contributed by atoms with Gasteiger partial charge in [0.2, 0.25) is 5.91 Å². The van der Waals surface area contributed by atoms with Gasteiger partial charge in [-0.25, -0.2) is 9.36 Å². The van der Waals surface area contributed by atoms with Gasteiger partial charge in [-0.05, 0) is 38.5 Å². The van der Waals surface area contributed by atoms with Gasteiger partial charge in [-0.15, -0.1) is 5.10 Å². The van der Waals surface area contributed by atoms with Crippen LogP contribution in [-0.4, -0.2) is 43.5 Å². The lowest BCUT2D eigenvalue weighted by molar-refractivity contribution is -0.137. The van der Waals surface area contributed by atoms with Gasteiger partial charge in [0.15, 0.2) is 5.82 Å². The first-order chi connectivity index (χ1) is 13.9. The summed E-state index contributed by atoms with van der Waals surface area (Å²) in [6.45, 7) is 7.72. The summed E-state index contributed by atoms with van der Waals surface area (Å²) in [5, 5.41) is 8.92. The lowest BCUT2D eigenvalue weighted by Gasteiger charge is -2.39. The summed E-state index contributed by atoms with van der Waals surface area (Å²) in [6, 6.07) is 13.2. The Labute approximate surface area is 169 Å². The van der Waals surface area contributed by atoms with Gasteiger partial charge in [-0.1, -0.05) is 29.8 Å². The molecule has 0 unspecified atom stereocenters. The van der Waals surface area contributed by atoms with Crippen LogP contribution in [0.4, 0.5) is 0 Å². The van der Waals surface area contributed by atoms with Crippen molar-refractivity contribution in [3.8, 4) is 5.82 Å². The van der Waals surface area contributed by atoms with Crippen LogP contribution in [-0.2, 0) is 17.8 Å². The smallest absolute Gasteiger partial charge is 0.266 e. The fourth-order valence-corrected chi connectivity index (χ4v) is 3.78. The molecule has 1 fully saturated rings. The zero-order chi connectivity index (χ0) is 20.5. The molecular formula is C22H25N5O2. The summed E-state index contributed by atoms with van der Waals surface area (Å²) in [5.74, 6) is 0.989. The van der Waals surface area contributed by atoms with Gasteiger partial charge in [0, 0.05) is 30.8 Å². The third-order valence-electron chi connectivity index (χ3n) is 5.26. The molecule has 1 aliphatic heterocycles. The van der Waals surface area contributed by atoms with Gasteiger partial charge in [0.05, 0.1) is 18.7 Å². The molecule has 2 aromatic heterocycles. The predicted octanol–water partition coefficient (Wildman–Crippen LogP) is 2.06. The Hall–Kier alpha value is -3.22. The third kappa shape index (κ3) is 4.13. The Bertz CT molecular complexity index is 1110. The van der Waals surface area contributed by atoms with Gasteiger partial charge >= 0.3 is 0 Å². The summed E-state index contributed by atoms with van der Waals surface area (Å²) >= 11 is 0. The summed E-state index contributed by atoms with van der Waals surface area (Å²) in [5.41, 5.74) is 3.93. The second-order valence-electron chi connectivity index (χ2n) is 7.88. The van der Waals surface area contributed by atoms with Gasteiger partial charge in [0.1, 0.15) is 0 Å². The van der Waals surface area contributed by atoms with Crippen LogP contribution >= 0.6 is 0 Å². The minimum Gasteiger partial charge on any atom is -0.342 e. The van der Waals surface area contributed by atoms with Crippen molar-refractivity contribution in [1.29, 1.82) is 0 Å². The number of likely N-dealkylation sites (tertiary alicyclic amines) is 1. The second-order valence-corrected chi connectivity index (χ2v) is 7.88. The van der Waals surface area contributed by atoms with E-state index in [2.05, 4.69) is 10.2 Å². The highest BCUT2D eigenvalue weighted by molar-refractivity contribution is 5.79. The van der Waals surface area contributed by atoms with Crippen LogP contribution in [0.25, 0.3) is 5.82 Å². The lowest BCUT2D eigenvalue weighted by Crippen LogP contribution is -2.52. The molecular weight excluding hydrogens is 366 g/mol. The van der Waals surface area contributed by atoms with Crippen LogP contribution < -0.4 is 5.56 Å². The molecule has 7 nitrogen and oxygen atoms in total. The molecule has 1 aromatic carbocycles. The summed E-state index contributed by atoms with van der Waals surface area (Å²) in [7, 11) is 0. The second kappa shape index (κ2) is 7.66. The molecule has 3 aromatic rings. The highest BCUT2D eigenvalue weighted by atomic mass is 16.2. The Morgan fingerprint density at radius 2 is 1.86 bits per heavy atom. The van der Waals surface area contributed by atoms with Crippen molar-refractivity contribution in [2.45, 2.75) is 33.7 Å². The molecule has 7 heteroatoms. The van der Waals surface area contributed by atoms with Gasteiger partial charge in [-0.2, -0.15) is 5.10 Å². The standard InChI is InChI=1S/C22H25N5O2/c1-15-5-4-6-18(9-15)11-22(29)25-12-19(13-25)14-26-21(28)8-7-20(24-26)27-17(3)10-16(2)23-27/h4-10,19H,11-14H2,1-3H3. The average Bonchev–Trinajstić information content (AvgIpc) is 2.97. The molecule has 1 aliphatic rings. The minimum atomic E-state index is -0.139. The monoisotopic (exact) mass is 391 g/mol. The quantitative estimate of drug-likeness (QED) is 0.667. The topological polar surface area (TPSA) is 73.0 Å². The number of aromatic nitrogens is 4. The first-order valence-corrected chi connectivity index (χ1v) is 9.84. The largest absolute Gasteiger partial charge is 0.342 e. The van der Waals surface area contributed by atoms with Crippen molar-refractivity contribution in [3.05, 3.63) is 75.3 Å². The fourth-order valence-electron chi connectivity index (χ4n) is 3.78. The maximum absolute atomic E-state index is 12.5. The van der Waals surface area contributed by atoms with E-state index in [0.29, 0.717) is 31.9 Å². The molecule has 1 saturated heterocycles. The average molecular weight is 391 g/mol. The molecule has 4 rings (SSSR count). The summed E-state index contributed by atoms with van der Waals surface area (Å²) < 4.78 is 3.22. The number of nitrogens with zero attached hydrogens (tertiary/aromatic N) is 5. The van der Waals surface area contributed by atoms with Crippen molar-refractivity contribution in [2.75, 3.05) is 13.1 Å². The number of benzene rings is 1. The zero-order valence-corrected chi connectivity index (χ0v) is 17.0. The van der Waals surface area contributed by atoms with Crippen molar-refractivity contribution >= 4 is 5.91 Å². The number of aryl methyl sites for hydroxylation is 3. The van der Waals surface area contributed by atoms with E-state index in [9.17, 15) is 9.59 Å². The van der Waals surface area contributed by atoms with E-state index in [1.807, 2.05) is 56.0 Å². The molecule has 0 radical (unpaired) electrons. The van der Waals surface area contributed by atoms with Crippen LogP contribution in [0.2, 0.25) is 0 Å². The van der Waals surface area contributed by atoms with Crippen LogP contribution in [0.5, 0.6) is 0 Å². The van der Waals surface area contributed by atoms with Crippen molar-refractivity contribution < 1.29 is 4.79 Å². The molecule has 29 heavy (non-hydrogen) atoms. The SMILES string of the molecule is Cc1cccc(CC(=O)N2CC(Cn3nc(-n4nc(C)cc4C)ccc3=O)C2)c1. The van der Waals surface area contributed by atoms with Crippen molar-refractivity contribution in [3.63, 3.8) is 0 Å². The molecule has 0 saturated carbocycles. The maximum atomic E-state index is 12.5. The van der Waals surface area contributed by atoms with E-state index in [1.54, 1.807) is 10.7 Å². The molecule has 3 heterocycles. The van der Waals surface area contributed by atoms with Gasteiger partial charge < -0.3 is 4.90 Å². The zero-order valence-electron chi connectivity index (χ0n) is 17.0. The van der Waals surface area contributed by atoms with E-state index < -0.39 is 0 Å². The molecule has 0 spiro atoms. The van der Waals surface area contributed by atoms with E-state index in [-0.39, 0.29) is 17.4 Å². The van der Waals surface area contributed by atoms with Crippen LogP contribution in [0, 0.1) is 26.7 Å². The van der Waals surface area contributed by atoms with E-state index in [4.69, 9.17) is 0 Å². The Morgan fingerprint density at radius 1 is 1.07 bits per heavy atom. The minimum absolute atomic E-state index is 0.128. The molecule has 150 valence electrons.